The maximum Gasteiger partial charge on any atom is 0.0494 e. The van der Waals surface area contributed by atoms with Crippen LogP contribution < -0.4 is 0 Å². The van der Waals surface area contributed by atoms with Crippen molar-refractivity contribution in [3.05, 3.63) is 0 Å². The maximum absolute atomic E-state index is 5.37. The third-order valence-electron chi connectivity index (χ3n) is 7.10. The molecule has 0 amide bonds. The van der Waals surface area contributed by atoms with Crippen molar-refractivity contribution in [2.24, 2.45) is 17.8 Å². The molecule has 0 aliphatic heterocycles. The Hall–Kier alpha value is -0.0800. The number of rotatable bonds is 8. The van der Waals surface area contributed by atoms with Crippen molar-refractivity contribution in [3.63, 3.8) is 0 Å². The average Bonchev–Trinajstić information content (AvgIpc) is 2.79. The van der Waals surface area contributed by atoms with Crippen LogP contribution in [0.2, 0.25) is 0 Å². The smallest absolute Gasteiger partial charge is 0.0494 e. The predicted octanol–water partition coefficient (Wildman–Crippen LogP) is 9.21. The van der Waals surface area contributed by atoms with E-state index < -0.39 is 0 Å². The summed E-state index contributed by atoms with van der Waals surface area (Å²) in [6, 6.07) is 0. The summed E-state index contributed by atoms with van der Waals surface area (Å²) in [7, 11) is 1.80. The van der Waals surface area contributed by atoms with Gasteiger partial charge in [-0.05, 0) is 50.4 Å². The molecule has 0 saturated heterocycles. The maximum atomic E-state index is 5.37. The fourth-order valence-corrected chi connectivity index (χ4v) is 5.20. The van der Waals surface area contributed by atoms with Crippen LogP contribution in [0.15, 0.2) is 0 Å². The predicted molar refractivity (Wildman–Crippen MR) is 134 cm³/mol. The van der Waals surface area contributed by atoms with Crippen molar-refractivity contribution in [1.29, 1.82) is 0 Å². The van der Waals surface area contributed by atoms with Crippen molar-refractivity contribution in [3.8, 4) is 0 Å². The highest BCUT2D eigenvalue weighted by Crippen LogP contribution is 2.27. The Balaban J connectivity index is 0.000000414. The molecular formula is C28H58O2. The lowest BCUT2D eigenvalue weighted by Crippen LogP contribution is -2.12. The van der Waals surface area contributed by atoms with E-state index in [0.29, 0.717) is 0 Å². The molecule has 30 heavy (non-hydrogen) atoms. The molecule has 3 aliphatic carbocycles. The van der Waals surface area contributed by atoms with Gasteiger partial charge in [0.05, 0.1) is 0 Å². The number of hydrogen-bond donors (Lipinski definition) is 0. The lowest BCUT2D eigenvalue weighted by atomic mass is 9.86. The van der Waals surface area contributed by atoms with Crippen molar-refractivity contribution >= 4 is 0 Å². The van der Waals surface area contributed by atoms with Crippen LogP contribution in [-0.4, -0.2) is 26.9 Å². The molecule has 0 aromatic carbocycles. The molecule has 0 N–H and O–H groups in total. The molecule has 0 spiro atoms. The zero-order valence-electron chi connectivity index (χ0n) is 20.4. The van der Waals surface area contributed by atoms with E-state index in [4.69, 9.17) is 9.47 Å². The summed E-state index contributed by atoms with van der Waals surface area (Å²) in [6.07, 6.45) is 26.1. The van der Waals surface area contributed by atoms with Gasteiger partial charge in [0.2, 0.25) is 0 Å². The van der Waals surface area contributed by atoms with Gasteiger partial charge in [-0.25, -0.2) is 0 Å². The van der Waals surface area contributed by atoms with E-state index in [1.165, 1.54) is 116 Å². The Morgan fingerprint density at radius 1 is 0.600 bits per heavy atom. The van der Waals surface area contributed by atoms with Crippen molar-refractivity contribution in [2.45, 2.75) is 137 Å². The fourth-order valence-electron chi connectivity index (χ4n) is 5.20. The highest BCUT2D eigenvalue weighted by Gasteiger charge is 2.13. The Bertz CT molecular complexity index is 288. The molecule has 0 radical (unpaired) electrons. The highest BCUT2D eigenvalue weighted by molar-refractivity contribution is 4.66. The molecule has 182 valence electrons. The van der Waals surface area contributed by atoms with Crippen LogP contribution in [0.5, 0.6) is 0 Å². The first-order valence-corrected chi connectivity index (χ1v) is 13.4. The second kappa shape index (κ2) is 22.1. The van der Waals surface area contributed by atoms with Crippen LogP contribution in [0.3, 0.4) is 0 Å². The molecular weight excluding hydrogens is 368 g/mol. The van der Waals surface area contributed by atoms with E-state index in [0.717, 1.165) is 37.6 Å². The van der Waals surface area contributed by atoms with E-state index in [1.54, 1.807) is 7.11 Å². The Morgan fingerprint density at radius 3 is 1.43 bits per heavy atom. The minimum atomic E-state index is 0. The van der Waals surface area contributed by atoms with Gasteiger partial charge in [0.25, 0.3) is 0 Å². The minimum Gasteiger partial charge on any atom is -0.384 e. The van der Waals surface area contributed by atoms with Gasteiger partial charge in [-0.15, -0.1) is 0 Å². The highest BCUT2D eigenvalue weighted by atomic mass is 16.5. The SMILES string of the molecule is C.CCCCC1CCCCC1.CCOCC1CCCCC1.COCC1CCCCC1. The second-order valence-corrected chi connectivity index (χ2v) is 9.77. The average molecular weight is 427 g/mol. The van der Waals surface area contributed by atoms with E-state index in [-0.39, 0.29) is 7.43 Å². The first-order chi connectivity index (χ1) is 14.3. The number of hydrogen-bond acceptors (Lipinski definition) is 2. The summed E-state index contributed by atoms with van der Waals surface area (Å²) in [6.45, 7) is 7.25. The molecule has 0 aromatic heterocycles. The summed E-state index contributed by atoms with van der Waals surface area (Å²) in [5.74, 6) is 2.87. The molecule has 0 atom stereocenters. The van der Waals surface area contributed by atoms with Crippen LogP contribution in [0.25, 0.3) is 0 Å². The molecule has 2 nitrogen and oxygen atoms in total. The minimum absolute atomic E-state index is 0. The summed E-state index contributed by atoms with van der Waals surface area (Å²) in [5, 5.41) is 0. The van der Waals surface area contributed by atoms with E-state index >= 15 is 0 Å². The van der Waals surface area contributed by atoms with Gasteiger partial charge < -0.3 is 9.47 Å². The molecule has 0 unspecified atom stereocenters. The molecule has 0 aromatic rings. The van der Waals surface area contributed by atoms with Crippen LogP contribution in [-0.2, 0) is 9.47 Å². The normalized spacial score (nSPS) is 20.9. The summed E-state index contributed by atoms with van der Waals surface area (Å²) >= 11 is 0. The van der Waals surface area contributed by atoms with Crippen molar-refractivity contribution < 1.29 is 9.47 Å². The largest absolute Gasteiger partial charge is 0.384 e. The van der Waals surface area contributed by atoms with Crippen LogP contribution in [0, 0.1) is 17.8 Å². The first-order valence-electron chi connectivity index (χ1n) is 13.4. The van der Waals surface area contributed by atoms with Gasteiger partial charge in [-0.3, -0.25) is 0 Å². The third-order valence-corrected chi connectivity index (χ3v) is 7.10. The van der Waals surface area contributed by atoms with Crippen molar-refractivity contribution in [2.75, 3.05) is 26.9 Å². The van der Waals surface area contributed by atoms with E-state index in [1.807, 2.05) is 0 Å². The first kappa shape index (κ1) is 29.9. The molecule has 2 heteroatoms. The van der Waals surface area contributed by atoms with Crippen LogP contribution in [0.4, 0.5) is 0 Å². The summed E-state index contributed by atoms with van der Waals surface area (Å²) < 4.78 is 10.5. The Kier molecular flexibility index (Phi) is 22.1. The number of ether oxygens (including phenoxy) is 2. The second-order valence-electron chi connectivity index (χ2n) is 9.77. The van der Waals surface area contributed by atoms with Gasteiger partial charge in [0.1, 0.15) is 0 Å². The molecule has 0 bridgehead atoms. The van der Waals surface area contributed by atoms with Gasteiger partial charge in [-0.1, -0.05) is 104 Å². The number of methoxy groups -OCH3 is 1. The summed E-state index contributed by atoms with van der Waals surface area (Å²) in [4.78, 5) is 0. The Morgan fingerprint density at radius 2 is 1.03 bits per heavy atom. The quantitative estimate of drug-likeness (QED) is 0.385. The van der Waals surface area contributed by atoms with E-state index in [9.17, 15) is 0 Å². The van der Waals surface area contributed by atoms with Gasteiger partial charge in [0.15, 0.2) is 0 Å². The lowest BCUT2D eigenvalue weighted by Gasteiger charge is -2.20. The van der Waals surface area contributed by atoms with Crippen LogP contribution in [0.1, 0.15) is 137 Å². The fraction of sp³-hybridized carbons (Fsp3) is 1.00. The van der Waals surface area contributed by atoms with Gasteiger partial charge in [-0.2, -0.15) is 0 Å². The number of unbranched alkanes of at least 4 members (excludes halogenated alkanes) is 1. The van der Waals surface area contributed by atoms with Gasteiger partial charge >= 0.3 is 0 Å². The molecule has 3 rings (SSSR count). The Labute approximate surface area is 191 Å². The van der Waals surface area contributed by atoms with Gasteiger partial charge in [0, 0.05) is 26.9 Å². The zero-order valence-corrected chi connectivity index (χ0v) is 20.4. The molecule has 3 saturated carbocycles. The van der Waals surface area contributed by atoms with E-state index in [2.05, 4.69) is 13.8 Å². The molecule has 3 fully saturated rings. The topological polar surface area (TPSA) is 18.5 Å². The van der Waals surface area contributed by atoms with Crippen molar-refractivity contribution in [1.82, 2.24) is 0 Å². The molecule has 0 heterocycles. The van der Waals surface area contributed by atoms with Crippen LogP contribution >= 0.6 is 0 Å². The monoisotopic (exact) mass is 426 g/mol. The molecule has 3 aliphatic rings. The lowest BCUT2D eigenvalue weighted by molar-refractivity contribution is 0.0949. The zero-order chi connectivity index (χ0) is 21.0. The third kappa shape index (κ3) is 16.6. The summed E-state index contributed by atoms with van der Waals surface area (Å²) in [5.41, 5.74) is 0. The standard InChI is InChI=1S/C10H20.C9H18O.C8H16O.CH4/c1-2-3-7-10-8-5-4-6-9-10;1-2-10-8-9-6-4-3-5-7-9;1-9-7-8-5-3-2-4-6-8;/h10H,2-9H2,1H3;9H,2-8H2,1H3;8H,2-7H2,1H3;1H4.